The number of halogens is 2. The van der Waals surface area contributed by atoms with Crippen LogP contribution in [0.15, 0.2) is 0 Å². The van der Waals surface area contributed by atoms with Gasteiger partial charge in [-0.15, -0.1) is 0 Å². The molecule has 0 nitrogen and oxygen atoms in total. The predicted octanol–water partition coefficient (Wildman–Crippen LogP) is 3.42. The summed E-state index contributed by atoms with van der Waals surface area (Å²) < 4.78 is 0. The van der Waals surface area contributed by atoms with Gasteiger partial charge in [-0.25, -0.2) is 0 Å². The van der Waals surface area contributed by atoms with Crippen LogP contribution >= 0.6 is 20.4 Å². The van der Waals surface area contributed by atoms with Crippen LogP contribution in [0, 0.1) is 64.2 Å². The van der Waals surface area contributed by atoms with Gasteiger partial charge in [0.15, 0.2) is 0 Å². The monoisotopic (exact) mass is 258 g/mol. The summed E-state index contributed by atoms with van der Waals surface area (Å²) in [6, 6.07) is 0. The Kier molecular flexibility index (Phi) is 14.2. The van der Waals surface area contributed by atoms with E-state index in [1.54, 1.807) is 0 Å². The minimum atomic E-state index is 0.569. The molecule has 0 saturated heterocycles. The standard InChI is InChI=1S/2C5H5.2ClH.Ni/c2*1-2-4-5-3-1;;;/h2*1-5H;2*1H;/q;;;;+2/p-2. The SMILES string of the molecule is [CH]1[CH][CH][CH][CH]1.[CH]1[CH][CH][CH][CH]1.[Cl][Ni][Cl]. The van der Waals surface area contributed by atoms with Gasteiger partial charge in [-0.05, 0) is 64.2 Å². The Morgan fingerprint density at radius 3 is 0.615 bits per heavy atom. The van der Waals surface area contributed by atoms with Crippen molar-refractivity contribution in [3.05, 3.63) is 64.2 Å². The van der Waals surface area contributed by atoms with Crippen LogP contribution in [0.3, 0.4) is 0 Å². The molecule has 2 aliphatic rings. The molecule has 74 valence electrons. The molecule has 0 bridgehead atoms. The van der Waals surface area contributed by atoms with Gasteiger partial charge in [-0.2, -0.15) is 0 Å². The Hall–Kier alpha value is 1.07. The molecule has 0 aliphatic heterocycles. The molecule has 0 unspecified atom stereocenters. The Morgan fingerprint density at radius 1 is 0.462 bits per heavy atom. The van der Waals surface area contributed by atoms with Crippen molar-refractivity contribution in [3.8, 4) is 0 Å². The van der Waals surface area contributed by atoms with Gasteiger partial charge in [0.1, 0.15) is 0 Å². The van der Waals surface area contributed by atoms with Crippen LogP contribution in [-0.2, 0) is 12.7 Å². The van der Waals surface area contributed by atoms with E-state index >= 15 is 0 Å². The Balaban J connectivity index is 0.000000174. The van der Waals surface area contributed by atoms with Crippen molar-refractivity contribution >= 4 is 20.4 Å². The van der Waals surface area contributed by atoms with Crippen LogP contribution in [0.25, 0.3) is 0 Å². The van der Waals surface area contributed by atoms with Crippen molar-refractivity contribution in [2.45, 2.75) is 0 Å². The average Bonchev–Trinajstić information content (AvgIpc) is 2.85. The van der Waals surface area contributed by atoms with Gasteiger partial charge in [-0.1, -0.05) is 0 Å². The molecule has 13 heavy (non-hydrogen) atoms. The van der Waals surface area contributed by atoms with Crippen molar-refractivity contribution < 1.29 is 12.7 Å². The summed E-state index contributed by atoms with van der Waals surface area (Å²) in [5.74, 6) is 0. The summed E-state index contributed by atoms with van der Waals surface area (Å²) in [6.07, 6.45) is 20.0. The molecule has 10 radical (unpaired) electrons. The zero-order chi connectivity index (χ0) is 9.78. The normalized spacial score (nSPS) is 20.2. The third-order valence-corrected chi connectivity index (χ3v) is 1.11. The zero-order valence-electron chi connectivity index (χ0n) is 6.85. The van der Waals surface area contributed by atoms with Crippen molar-refractivity contribution in [2.75, 3.05) is 0 Å². The summed E-state index contributed by atoms with van der Waals surface area (Å²) in [5, 5.41) is 0. The first-order valence-corrected chi connectivity index (χ1v) is 6.29. The first-order chi connectivity index (χ1) is 6.41. The van der Waals surface area contributed by atoms with Gasteiger partial charge >= 0.3 is 33.0 Å². The number of rotatable bonds is 0. The summed E-state index contributed by atoms with van der Waals surface area (Å²) >= 11 is 0.569. The van der Waals surface area contributed by atoms with Crippen molar-refractivity contribution in [3.63, 3.8) is 0 Å². The molecule has 0 aromatic rings. The molecule has 0 atom stereocenters. The van der Waals surface area contributed by atoms with Gasteiger partial charge in [-0.3, -0.25) is 0 Å². The van der Waals surface area contributed by atoms with Crippen molar-refractivity contribution in [2.24, 2.45) is 0 Å². The molecule has 2 rings (SSSR count). The van der Waals surface area contributed by atoms with E-state index in [4.69, 9.17) is 20.4 Å². The van der Waals surface area contributed by atoms with Gasteiger partial charge in [0.2, 0.25) is 0 Å². The average molecular weight is 260 g/mol. The van der Waals surface area contributed by atoms with E-state index in [9.17, 15) is 0 Å². The van der Waals surface area contributed by atoms with E-state index in [1.165, 1.54) is 0 Å². The second-order valence-corrected chi connectivity index (χ2v) is 3.60. The van der Waals surface area contributed by atoms with Crippen molar-refractivity contribution in [1.29, 1.82) is 0 Å². The molecular formula is C10H10Cl2Ni. The fraction of sp³-hybridized carbons (Fsp3) is 0. The van der Waals surface area contributed by atoms with Gasteiger partial charge in [0.05, 0.1) is 0 Å². The zero-order valence-corrected chi connectivity index (χ0v) is 9.35. The quantitative estimate of drug-likeness (QED) is 0.585. The fourth-order valence-electron chi connectivity index (χ4n) is 0.642. The van der Waals surface area contributed by atoms with Gasteiger partial charge in [0.25, 0.3) is 0 Å². The van der Waals surface area contributed by atoms with Crippen LogP contribution in [-0.4, -0.2) is 0 Å². The Labute approximate surface area is 97.1 Å². The van der Waals surface area contributed by atoms with E-state index in [-0.39, 0.29) is 0 Å². The predicted molar refractivity (Wildman–Crippen MR) is 54.7 cm³/mol. The van der Waals surface area contributed by atoms with Gasteiger partial charge in [0, 0.05) is 0 Å². The van der Waals surface area contributed by atoms with E-state index in [0.717, 1.165) is 0 Å². The molecule has 0 amide bonds. The Bertz CT molecular complexity index is 55.8. The molecule has 0 spiro atoms. The van der Waals surface area contributed by atoms with Crippen LogP contribution in [0.2, 0.25) is 0 Å². The molecule has 2 aliphatic carbocycles. The van der Waals surface area contributed by atoms with Crippen LogP contribution < -0.4 is 0 Å². The van der Waals surface area contributed by atoms with Gasteiger partial charge < -0.3 is 0 Å². The molecule has 0 heterocycles. The third kappa shape index (κ3) is 13.1. The number of hydrogen-bond donors (Lipinski definition) is 0. The minimum absolute atomic E-state index is 0.569. The second-order valence-electron chi connectivity index (χ2n) is 1.97. The molecule has 3 heteroatoms. The molecular weight excluding hydrogens is 250 g/mol. The van der Waals surface area contributed by atoms with E-state index in [2.05, 4.69) is 0 Å². The number of hydrogen-bond acceptors (Lipinski definition) is 0. The summed E-state index contributed by atoms with van der Waals surface area (Å²) in [7, 11) is 9.40. The molecule has 0 aromatic heterocycles. The second kappa shape index (κ2) is 13.1. The first-order valence-electron chi connectivity index (χ1n) is 3.57. The maximum absolute atomic E-state index is 4.70. The summed E-state index contributed by atoms with van der Waals surface area (Å²) in [4.78, 5) is 0. The molecule has 0 N–H and O–H groups in total. The first kappa shape index (κ1) is 14.1. The van der Waals surface area contributed by atoms with Crippen LogP contribution in [0.4, 0.5) is 0 Å². The summed E-state index contributed by atoms with van der Waals surface area (Å²) in [5.41, 5.74) is 0. The molecule has 0 aromatic carbocycles. The van der Waals surface area contributed by atoms with Crippen LogP contribution in [0.5, 0.6) is 0 Å². The maximum atomic E-state index is 4.70. The van der Waals surface area contributed by atoms with E-state index < -0.39 is 0 Å². The summed E-state index contributed by atoms with van der Waals surface area (Å²) in [6.45, 7) is 0. The topological polar surface area (TPSA) is 0 Å². The Morgan fingerprint density at radius 2 is 0.538 bits per heavy atom. The molecule has 2 fully saturated rings. The van der Waals surface area contributed by atoms with Crippen LogP contribution in [0.1, 0.15) is 0 Å². The van der Waals surface area contributed by atoms with E-state index in [0.29, 0.717) is 12.7 Å². The van der Waals surface area contributed by atoms with Crippen molar-refractivity contribution in [1.82, 2.24) is 0 Å². The third-order valence-electron chi connectivity index (χ3n) is 1.11. The fourth-order valence-corrected chi connectivity index (χ4v) is 0.642. The van der Waals surface area contributed by atoms with E-state index in [1.807, 2.05) is 64.2 Å². The molecule has 2 saturated carbocycles.